The Balaban J connectivity index is 3.25. The minimum atomic E-state index is -5.36. The van der Waals surface area contributed by atoms with Crippen LogP contribution in [0.5, 0.6) is 0 Å². The van der Waals surface area contributed by atoms with Crippen LogP contribution in [0.4, 0.5) is 0 Å². The highest BCUT2D eigenvalue weighted by Gasteiger charge is 2.52. The van der Waals surface area contributed by atoms with Gasteiger partial charge in [0.1, 0.15) is 24.4 Å². The van der Waals surface area contributed by atoms with E-state index in [2.05, 4.69) is 38.3 Å². The summed E-state index contributed by atoms with van der Waals surface area (Å²) in [6.07, 6.45) is 49.4. The van der Waals surface area contributed by atoms with Gasteiger partial charge in [0.05, 0.1) is 31.8 Å². The zero-order chi connectivity index (χ0) is 65.3. The number of nitrogens with one attached hydrogen (secondary N) is 2. The summed E-state index contributed by atoms with van der Waals surface area (Å²) in [6, 6.07) is -2.48. The maximum Gasteiger partial charge on any atom is 0.470 e. The van der Waals surface area contributed by atoms with Gasteiger partial charge in [0.15, 0.2) is 12.4 Å². The summed E-state index contributed by atoms with van der Waals surface area (Å²) in [7, 11) is -5.36. The number of hydrogen-bond acceptors (Lipinski definition) is 12. The van der Waals surface area contributed by atoms with Crippen molar-refractivity contribution in [1.29, 1.82) is 0 Å². The molecule has 6 N–H and O–H groups in total. The molecule has 1 rings (SSSR count). The van der Waals surface area contributed by atoms with Crippen molar-refractivity contribution in [3.8, 4) is 0 Å². The number of allylic oxidation sites excluding steroid dienone is 1. The maximum absolute atomic E-state index is 14.3. The van der Waals surface area contributed by atoms with E-state index >= 15 is 0 Å². The van der Waals surface area contributed by atoms with Gasteiger partial charge in [0.2, 0.25) is 11.8 Å². The Morgan fingerprint density at radius 2 is 0.921 bits per heavy atom. The molecule has 0 aliphatic carbocycles. The number of carbonyl (C=O) groups excluding carboxylic acids is 4. The summed E-state index contributed by atoms with van der Waals surface area (Å²) >= 11 is 0. The van der Waals surface area contributed by atoms with Crippen LogP contribution in [0.3, 0.4) is 0 Å². The van der Waals surface area contributed by atoms with E-state index in [9.17, 15) is 43.7 Å². The van der Waals surface area contributed by atoms with Gasteiger partial charge in [0.25, 0.3) is 0 Å². The predicted octanol–water partition coefficient (Wildman–Crippen LogP) is 17.9. The number of ether oxygens (including phenoxy) is 4. The SMILES string of the molecule is CCCCCCCCCCCCC/C=C/[C@@H](O)[C@H](CO[C@@H]1O[C@H](CO)[C@@H](OP(=O)(O)O)[C@H](OC(=O)C[C@@H](CCCCCCCCCCC)OC(=O)CCCCCCCCCCCCC)[C@H]1NC(C)=O)NC(=O)CCCCCCCCCCCCCCCCC. The molecule has 1 saturated heterocycles. The third kappa shape index (κ3) is 49.8. The number of amides is 2. The molecule has 0 aromatic carbocycles. The lowest BCUT2D eigenvalue weighted by molar-refractivity contribution is -0.273. The number of hydrogen-bond donors (Lipinski definition) is 6. The summed E-state index contributed by atoms with van der Waals surface area (Å²) in [5.41, 5.74) is 0. The molecule has 1 heterocycles. The van der Waals surface area contributed by atoms with Crippen LogP contribution in [0.2, 0.25) is 0 Å². The largest absolute Gasteiger partial charge is 0.470 e. The van der Waals surface area contributed by atoms with E-state index in [4.69, 9.17) is 23.5 Å². The van der Waals surface area contributed by atoms with Crippen LogP contribution in [0.25, 0.3) is 0 Å². The first-order valence-electron chi connectivity index (χ1n) is 37.1. The molecule has 1 aliphatic rings. The van der Waals surface area contributed by atoms with Gasteiger partial charge in [-0.2, -0.15) is 0 Å². The van der Waals surface area contributed by atoms with Crippen LogP contribution in [0, 0.1) is 0 Å². The third-order valence-corrected chi connectivity index (χ3v) is 18.1. The average Bonchev–Trinajstić information content (AvgIpc) is 2.57. The standard InChI is InChI=1S/C72H137N2O14P/c1-6-10-14-18-22-26-29-31-32-34-37-40-44-48-52-56-66(78)74-63(64(77)55-51-47-43-39-36-33-30-27-23-19-15-11-7-2)60-84-72-69(73-61(5)76)71(70(65(59-75)86-72)88-89(81,82)83)87-68(80)58-62(54-50-46-42-38-25-21-17-13-9-4)85-67(79)57-53-49-45-41-35-28-24-20-16-12-8-3/h51,55,62-65,69-72,75,77H,6-50,52-54,56-60H2,1-5H3,(H,73,76)(H,74,78)(H2,81,82,83)/b55-51+/t62-,63+,64-,65-,69-,70-,71-,72-/m1/s1. The van der Waals surface area contributed by atoms with Gasteiger partial charge >= 0.3 is 19.8 Å². The van der Waals surface area contributed by atoms with Crippen molar-refractivity contribution >= 4 is 31.6 Å². The van der Waals surface area contributed by atoms with E-state index in [0.717, 1.165) is 89.9 Å². The lowest BCUT2D eigenvalue weighted by Gasteiger charge is -2.45. The van der Waals surface area contributed by atoms with Crippen molar-refractivity contribution in [3.05, 3.63) is 12.2 Å². The van der Waals surface area contributed by atoms with E-state index in [-0.39, 0.29) is 25.4 Å². The molecule has 0 aromatic rings. The molecule has 0 radical (unpaired) electrons. The van der Waals surface area contributed by atoms with Crippen molar-refractivity contribution in [2.75, 3.05) is 13.2 Å². The Labute approximate surface area is 543 Å². The van der Waals surface area contributed by atoms with Crippen molar-refractivity contribution in [2.45, 2.75) is 411 Å². The smallest absolute Gasteiger partial charge is 0.462 e. The Morgan fingerprint density at radius 3 is 1.33 bits per heavy atom. The molecule has 0 spiro atoms. The number of rotatable bonds is 64. The molecule has 16 nitrogen and oxygen atoms in total. The number of phosphoric ester groups is 1. The first-order valence-corrected chi connectivity index (χ1v) is 38.6. The number of phosphoric acid groups is 1. The Kier molecular flexibility index (Phi) is 56.4. The van der Waals surface area contributed by atoms with Crippen LogP contribution in [0.1, 0.15) is 362 Å². The van der Waals surface area contributed by atoms with Crippen LogP contribution in [-0.2, 0) is 47.2 Å². The lowest BCUT2D eigenvalue weighted by Crippen LogP contribution is -2.66. The second kappa shape index (κ2) is 59.3. The predicted molar refractivity (Wildman–Crippen MR) is 361 cm³/mol. The van der Waals surface area contributed by atoms with Gasteiger partial charge in [-0.1, -0.05) is 310 Å². The van der Waals surface area contributed by atoms with Gasteiger partial charge in [-0.05, 0) is 38.5 Å². The molecular weight excluding hydrogens is 1150 g/mol. The summed E-state index contributed by atoms with van der Waals surface area (Å²) in [6.45, 7) is 8.87. The van der Waals surface area contributed by atoms with Crippen LogP contribution in [0.15, 0.2) is 12.2 Å². The number of aliphatic hydroxyl groups excluding tert-OH is 2. The minimum Gasteiger partial charge on any atom is -0.462 e. The van der Waals surface area contributed by atoms with Crippen LogP contribution in [-0.4, -0.2) is 106 Å². The van der Waals surface area contributed by atoms with E-state index in [1.165, 1.54) is 200 Å². The highest BCUT2D eigenvalue weighted by atomic mass is 31.2. The monoisotopic (exact) mass is 1280 g/mol. The second-order valence-corrected chi connectivity index (χ2v) is 27.3. The molecule has 2 amide bonds. The molecule has 0 saturated carbocycles. The molecule has 0 unspecified atom stereocenters. The second-order valence-electron chi connectivity index (χ2n) is 26.1. The zero-order valence-electron chi connectivity index (χ0n) is 57.6. The highest BCUT2D eigenvalue weighted by Crippen LogP contribution is 2.42. The lowest BCUT2D eigenvalue weighted by atomic mass is 9.96. The molecule has 0 bridgehead atoms. The van der Waals surface area contributed by atoms with Crippen molar-refractivity contribution in [3.63, 3.8) is 0 Å². The molecular formula is C72H137N2O14P. The van der Waals surface area contributed by atoms with E-state index in [1.54, 1.807) is 6.08 Å². The number of carbonyl (C=O) groups is 4. The summed E-state index contributed by atoms with van der Waals surface area (Å²) < 4.78 is 42.3. The van der Waals surface area contributed by atoms with Crippen molar-refractivity contribution < 1.29 is 67.2 Å². The Hall–Kier alpha value is -2.43. The van der Waals surface area contributed by atoms with E-state index in [1.807, 2.05) is 6.08 Å². The number of esters is 2. The fourth-order valence-corrected chi connectivity index (χ4v) is 12.7. The van der Waals surface area contributed by atoms with Crippen LogP contribution >= 0.6 is 7.82 Å². The fraction of sp³-hybridized carbons (Fsp3) is 0.917. The fourth-order valence-electron chi connectivity index (χ4n) is 12.1. The Morgan fingerprint density at radius 1 is 0.528 bits per heavy atom. The van der Waals surface area contributed by atoms with Crippen LogP contribution < -0.4 is 10.6 Å². The van der Waals surface area contributed by atoms with Gasteiger partial charge in [-0.3, -0.25) is 23.7 Å². The number of unbranched alkanes of at least 4 members (excludes halogenated alkanes) is 43. The molecule has 0 aromatic heterocycles. The minimum absolute atomic E-state index is 0.200. The molecule has 8 atom stereocenters. The molecule has 1 aliphatic heterocycles. The normalized spacial score (nSPS) is 18.1. The summed E-state index contributed by atoms with van der Waals surface area (Å²) in [5.74, 6) is -2.23. The zero-order valence-corrected chi connectivity index (χ0v) is 58.5. The highest BCUT2D eigenvalue weighted by molar-refractivity contribution is 7.46. The van der Waals surface area contributed by atoms with Gasteiger partial charge in [-0.15, -0.1) is 0 Å². The van der Waals surface area contributed by atoms with Gasteiger partial charge in [-0.25, -0.2) is 4.57 Å². The van der Waals surface area contributed by atoms with E-state index in [0.29, 0.717) is 25.7 Å². The molecule has 524 valence electrons. The summed E-state index contributed by atoms with van der Waals surface area (Å²) in [4.78, 5) is 74.6. The Bertz CT molecular complexity index is 1750. The maximum atomic E-state index is 14.3. The van der Waals surface area contributed by atoms with Gasteiger partial charge in [0, 0.05) is 19.8 Å². The third-order valence-electron chi connectivity index (χ3n) is 17.5. The topological polar surface area (TPSA) is 236 Å². The summed E-state index contributed by atoms with van der Waals surface area (Å²) in [5, 5.41) is 28.0. The van der Waals surface area contributed by atoms with E-state index < -0.39 is 87.6 Å². The molecule has 89 heavy (non-hydrogen) atoms. The van der Waals surface area contributed by atoms with Crippen molar-refractivity contribution in [2.24, 2.45) is 0 Å². The van der Waals surface area contributed by atoms with Crippen molar-refractivity contribution in [1.82, 2.24) is 10.6 Å². The first kappa shape index (κ1) is 84.6. The molecule has 1 fully saturated rings. The average molecular weight is 1290 g/mol. The van der Waals surface area contributed by atoms with Gasteiger partial charge < -0.3 is 49.6 Å². The first-order chi connectivity index (χ1) is 43.2. The quantitative estimate of drug-likeness (QED) is 0.0144. The number of aliphatic hydroxyl groups is 2. The molecule has 17 heteroatoms.